The summed E-state index contributed by atoms with van der Waals surface area (Å²) in [4.78, 5) is 20.9. The molecule has 0 aromatic carbocycles. The van der Waals surface area contributed by atoms with Gasteiger partial charge in [-0.2, -0.15) is 0 Å². The molecule has 0 saturated heterocycles. The second-order valence-electron chi connectivity index (χ2n) is 2.35. The van der Waals surface area contributed by atoms with E-state index in [2.05, 4.69) is 22.5 Å². The predicted molar refractivity (Wildman–Crippen MR) is 49.4 cm³/mol. The molecule has 0 aromatic heterocycles. The van der Waals surface area contributed by atoms with Crippen molar-refractivity contribution in [3.63, 3.8) is 0 Å². The highest BCUT2D eigenvalue weighted by Crippen LogP contribution is 2.10. The van der Waals surface area contributed by atoms with Gasteiger partial charge in [0.05, 0.1) is 11.2 Å². The fourth-order valence-electron chi connectivity index (χ4n) is 0.665. The van der Waals surface area contributed by atoms with Crippen molar-refractivity contribution in [2.75, 3.05) is 0 Å². The molecule has 3 nitrogen and oxygen atoms in total. The summed E-state index contributed by atoms with van der Waals surface area (Å²) in [7, 11) is 0. The van der Waals surface area contributed by atoms with E-state index in [4.69, 9.17) is 5.11 Å². The highest BCUT2D eigenvalue weighted by atomic mass is 79.9. The quantitative estimate of drug-likeness (QED) is 0.563. The molecule has 0 fully saturated rings. The lowest BCUT2D eigenvalue weighted by molar-refractivity contribution is -0.138. The summed E-state index contributed by atoms with van der Waals surface area (Å²) in [6.07, 6.45) is 2.15. The zero-order valence-corrected chi connectivity index (χ0v) is 8.21. The number of carbonyl (C=O) groups is 2. The van der Waals surface area contributed by atoms with Crippen LogP contribution in [0.15, 0.2) is 12.7 Å². The first-order chi connectivity index (χ1) is 5.57. The van der Waals surface area contributed by atoms with Crippen molar-refractivity contribution in [3.8, 4) is 0 Å². The fraction of sp³-hybridized carbons (Fsp3) is 0.500. The number of carbonyl (C=O) groups excluding carboxylic acids is 1. The van der Waals surface area contributed by atoms with E-state index in [1.54, 1.807) is 6.08 Å². The number of allylic oxidation sites excluding steroid dienone is 1. The second-order valence-corrected chi connectivity index (χ2v) is 3.46. The number of rotatable bonds is 6. The Hall–Kier alpha value is -0.640. The number of hydrogen-bond donors (Lipinski definition) is 1. The maximum Gasteiger partial charge on any atom is 0.303 e. The molecule has 0 aliphatic carbocycles. The third-order valence-electron chi connectivity index (χ3n) is 1.31. The Labute approximate surface area is 79.6 Å². The summed E-state index contributed by atoms with van der Waals surface area (Å²) in [5.41, 5.74) is 0. The van der Waals surface area contributed by atoms with Gasteiger partial charge < -0.3 is 5.11 Å². The van der Waals surface area contributed by atoms with Crippen LogP contribution in [0.1, 0.15) is 19.3 Å². The maximum absolute atomic E-state index is 11.1. The van der Waals surface area contributed by atoms with E-state index >= 15 is 0 Å². The van der Waals surface area contributed by atoms with Crippen molar-refractivity contribution in [2.24, 2.45) is 0 Å². The Kier molecular flexibility index (Phi) is 5.62. The zero-order chi connectivity index (χ0) is 9.56. The number of hydrogen-bond acceptors (Lipinski definition) is 2. The molecule has 0 saturated carbocycles. The molecule has 0 aromatic rings. The summed E-state index contributed by atoms with van der Waals surface area (Å²) >= 11 is 3.14. The average molecular weight is 235 g/mol. The Morgan fingerprint density at radius 3 is 2.50 bits per heavy atom. The molecule has 0 bridgehead atoms. The molecule has 0 spiro atoms. The summed E-state index contributed by atoms with van der Waals surface area (Å²) < 4.78 is 0. The van der Waals surface area contributed by atoms with Gasteiger partial charge in [0, 0.05) is 6.42 Å². The molecule has 0 rings (SSSR count). The zero-order valence-electron chi connectivity index (χ0n) is 6.62. The van der Waals surface area contributed by atoms with Crippen LogP contribution in [-0.4, -0.2) is 21.7 Å². The van der Waals surface area contributed by atoms with Gasteiger partial charge in [-0.25, -0.2) is 0 Å². The molecule has 68 valence electrons. The van der Waals surface area contributed by atoms with Gasteiger partial charge in [-0.1, -0.05) is 22.0 Å². The number of Topliss-reactive ketones (excluding diaryl/α,β-unsaturated/α-hetero) is 1. The Morgan fingerprint density at radius 2 is 2.08 bits per heavy atom. The third kappa shape index (κ3) is 5.07. The minimum atomic E-state index is -0.943. The van der Waals surface area contributed by atoms with Gasteiger partial charge in [0.1, 0.15) is 5.78 Å². The summed E-state index contributed by atoms with van der Waals surface area (Å²) in [6, 6.07) is 0. The molecule has 1 N–H and O–H groups in total. The highest BCUT2D eigenvalue weighted by Gasteiger charge is 2.13. The van der Waals surface area contributed by atoms with Crippen LogP contribution in [0.4, 0.5) is 0 Å². The maximum atomic E-state index is 11.1. The van der Waals surface area contributed by atoms with Crippen LogP contribution in [0.3, 0.4) is 0 Å². The lowest BCUT2D eigenvalue weighted by Gasteiger charge is -2.03. The number of aliphatic carboxylic acids is 1. The van der Waals surface area contributed by atoms with Gasteiger partial charge in [-0.3, -0.25) is 9.59 Å². The van der Waals surface area contributed by atoms with E-state index in [1.165, 1.54) is 0 Å². The van der Waals surface area contributed by atoms with E-state index in [0.717, 1.165) is 0 Å². The topological polar surface area (TPSA) is 54.4 Å². The van der Waals surface area contributed by atoms with Crippen LogP contribution >= 0.6 is 15.9 Å². The average Bonchev–Trinajstić information content (AvgIpc) is 2.00. The molecule has 1 unspecified atom stereocenters. The molecule has 1 atom stereocenters. The van der Waals surface area contributed by atoms with Gasteiger partial charge in [-0.05, 0) is 6.42 Å². The van der Waals surface area contributed by atoms with Crippen LogP contribution in [0.5, 0.6) is 0 Å². The van der Waals surface area contributed by atoms with Crippen molar-refractivity contribution >= 4 is 27.7 Å². The van der Waals surface area contributed by atoms with Gasteiger partial charge in [0.15, 0.2) is 0 Å². The van der Waals surface area contributed by atoms with Crippen molar-refractivity contribution in [2.45, 2.75) is 24.1 Å². The fourth-order valence-corrected chi connectivity index (χ4v) is 1.16. The first-order valence-electron chi connectivity index (χ1n) is 3.57. The van der Waals surface area contributed by atoms with Crippen LogP contribution in [0.25, 0.3) is 0 Å². The van der Waals surface area contributed by atoms with Gasteiger partial charge >= 0.3 is 5.97 Å². The van der Waals surface area contributed by atoms with Gasteiger partial charge in [-0.15, -0.1) is 6.58 Å². The standard InChI is InChI=1S/C8H11BrO3/c1-2-3-6(9)7(10)4-5-8(11)12/h2,6H,1,3-5H2,(H,11,12). The van der Waals surface area contributed by atoms with Crippen LogP contribution in [0.2, 0.25) is 0 Å². The normalized spacial score (nSPS) is 12.1. The number of halogens is 1. The first-order valence-corrected chi connectivity index (χ1v) is 4.49. The smallest absolute Gasteiger partial charge is 0.303 e. The number of carboxylic acids is 1. The number of ketones is 1. The Morgan fingerprint density at radius 1 is 1.50 bits per heavy atom. The molecule has 0 aliphatic rings. The van der Waals surface area contributed by atoms with E-state index < -0.39 is 5.97 Å². The third-order valence-corrected chi connectivity index (χ3v) is 2.19. The first kappa shape index (κ1) is 11.4. The molecule has 0 amide bonds. The molecule has 0 aliphatic heterocycles. The molecule has 12 heavy (non-hydrogen) atoms. The minimum absolute atomic E-state index is 0.0824. The monoisotopic (exact) mass is 234 g/mol. The second kappa shape index (κ2) is 5.94. The summed E-state index contributed by atoms with van der Waals surface area (Å²) in [5.74, 6) is -1.03. The predicted octanol–water partition coefficient (Wildman–Crippen LogP) is 1.76. The summed E-state index contributed by atoms with van der Waals surface area (Å²) in [5, 5.41) is 8.29. The molecular formula is C8H11BrO3. The van der Waals surface area contributed by atoms with Crippen LogP contribution in [0, 0.1) is 0 Å². The SMILES string of the molecule is C=CCC(Br)C(=O)CCC(=O)O. The van der Waals surface area contributed by atoms with Crippen molar-refractivity contribution in [3.05, 3.63) is 12.7 Å². The van der Waals surface area contributed by atoms with E-state index in [-0.39, 0.29) is 23.5 Å². The Bertz CT molecular complexity index is 189. The molecular weight excluding hydrogens is 224 g/mol. The summed E-state index contributed by atoms with van der Waals surface area (Å²) in [6.45, 7) is 3.48. The van der Waals surface area contributed by atoms with Crippen molar-refractivity contribution in [1.29, 1.82) is 0 Å². The van der Waals surface area contributed by atoms with Gasteiger partial charge in [0.2, 0.25) is 0 Å². The van der Waals surface area contributed by atoms with Crippen molar-refractivity contribution < 1.29 is 14.7 Å². The molecule has 4 heteroatoms. The van der Waals surface area contributed by atoms with Crippen molar-refractivity contribution in [1.82, 2.24) is 0 Å². The van der Waals surface area contributed by atoms with E-state index in [1.807, 2.05) is 0 Å². The van der Waals surface area contributed by atoms with Crippen LogP contribution in [-0.2, 0) is 9.59 Å². The number of carboxylic acid groups (broad SMARTS) is 1. The van der Waals surface area contributed by atoms with Gasteiger partial charge in [0.25, 0.3) is 0 Å². The largest absolute Gasteiger partial charge is 0.481 e. The Balaban J connectivity index is 3.71. The van der Waals surface area contributed by atoms with E-state index in [9.17, 15) is 9.59 Å². The molecule has 0 heterocycles. The van der Waals surface area contributed by atoms with Crippen LogP contribution < -0.4 is 0 Å². The molecule has 0 radical (unpaired) electrons. The minimum Gasteiger partial charge on any atom is -0.481 e. The lowest BCUT2D eigenvalue weighted by atomic mass is 10.1. The van der Waals surface area contributed by atoms with E-state index in [0.29, 0.717) is 6.42 Å². The lowest BCUT2D eigenvalue weighted by Crippen LogP contribution is -2.14. The number of alkyl halides is 1. The highest BCUT2D eigenvalue weighted by molar-refractivity contribution is 9.10.